The van der Waals surface area contributed by atoms with Crippen LogP contribution < -0.4 is 5.32 Å². The largest absolute Gasteiger partial charge is 0.337 e. The van der Waals surface area contributed by atoms with Gasteiger partial charge in [-0.3, -0.25) is 0 Å². The normalized spacial score (nSPS) is 22.9. The number of aromatic nitrogens is 2. The zero-order valence-electron chi connectivity index (χ0n) is 11.5. The van der Waals surface area contributed by atoms with Crippen molar-refractivity contribution < 1.29 is 8.91 Å². The first kappa shape index (κ1) is 13.2. The summed E-state index contributed by atoms with van der Waals surface area (Å²) in [6, 6.07) is 6.48. The second-order valence-corrected chi connectivity index (χ2v) is 5.54. The first-order valence-corrected chi connectivity index (χ1v) is 6.98. The predicted octanol–water partition coefficient (Wildman–Crippen LogP) is 2.79. The van der Waals surface area contributed by atoms with Crippen LogP contribution in [0, 0.1) is 5.82 Å². The van der Waals surface area contributed by atoms with Gasteiger partial charge in [-0.1, -0.05) is 17.3 Å². The van der Waals surface area contributed by atoms with Crippen LogP contribution in [0.1, 0.15) is 43.5 Å². The van der Waals surface area contributed by atoms with Crippen molar-refractivity contribution in [3.63, 3.8) is 0 Å². The minimum absolute atomic E-state index is 0.231. The lowest BCUT2D eigenvalue weighted by atomic mass is 9.91. The zero-order chi connectivity index (χ0) is 14.0. The zero-order valence-corrected chi connectivity index (χ0v) is 11.5. The van der Waals surface area contributed by atoms with E-state index in [4.69, 9.17) is 4.52 Å². The quantitative estimate of drug-likeness (QED) is 0.935. The number of hydrogen-bond acceptors (Lipinski definition) is 4. The highest BCUT2D eigenvalue weighted by Gasteiger charge is 2.34. The van der Waals surface area contributed by atoms with Crippen molar-refractivity contribution in [1.29, 1.82) is 0 Å². The van der Waals surface area contributed by atoms with E-state index in [1.54, 1.807) is 6.07 Å². The molecule has 0 aliphatic carbocycles. The van der Waals surface area contributed by atoms with Gasteiger partial charge in [0, 0.05) is 6.42 Å². The first-order chi connectivity index (χ1) is 9.66. The molecule has 1 aromatic heterocycles. The Hall–Kier alpha value is -1.75. The highest BCUT2D eigenvalue weighted by molar-refractivity contribution is 5.20. The van der Waals surface area contributed by atoms with E-state index in [9.17, 15) is 4.39 Å². The topological polar surface area (TPSA) is 51.0 Å². The average molecular weight is 275 g/mol. The monoisotopic (exact) mass is 275 g/mol. The van der Waals surface area contributed by atoms with Gasteiger partial charge in [0.15, 0.2) is 5.82 Å². The van der Waals surface area contributed by atoms with Gasteiger partial charge in [0.1, 0.15) is 5.82 Å². The fourth-order valence-corrected chi connectivity index (χ4v) is 2.62. The van der Waals surface area contributed by atoms with Crippen molar-refractivity contribution in [1.82, 2.24) is 15.5 Å². The second kappa shape index (κ2) is 5.32. The standard InChI is InChI=1S/C15H18FN3O/c1-15(7-2-3-8-17-15)14-18-13(19-20-14)10-11-5-4-6-12(16)9-11/h4-6,9,17H,2-3,7-8,10H2,1H3. The SMILES string of the molecule is CC1(c2nc(Cc3cccc(F)c3)no2)CCCCN1. The summed E-state index contributed by atoms with van der Waals surface area (Å²) >= 11 is 0. The minimum atomic E-state index is -0.243. The van der Waals surface area contributed by atoms with E-state index in [0.29, 0.717) is 18.1 Å². The molecule has 1 fully saturated rings. The smallest absolute Gasteiger partial charge is 0.246 e. The van der Waals surface area contributed by atoms with Crippen molar-refractivity contribution >= 4 is 0 Å². The summed E-state index contributed by atoms with van der Waals surface area (Å²) in [5.74, 6) is 0.981. The molecule has 2 heterocycles. The summed E-state index contributed by atoms with van der Waals surface area (Å²) in [5.41, 5.74) is 0.616. The molecule has 5 heteroatoms. The van der Waals surface area contributed by atoms with Crippen LogP contribution in [0.4, 0.5) is 4.39 Å². The van der Waals surface area contributed by atoms with Gasteiger partial charge in [-0.2, -0.15) is 4.98 Å². The van der Waals surface area contributed by atoms with E-state index in [-0.39, 0.29) is 11.4 Å². The summed E-state index contributed by atoms with van der Waals surface area (Å²) in [7, 11) is 0. The number of halogens is 1. The molecule has 1 saturated heterocycles. The van der Waals surface area contributed by atoms with Gasteiger partial charge in [0.25, 0.3) is 0 Å². The summed E-state index contributed by atoms with van der Waals surface area (Å²) in [4.78, 5) is 4.47. The van der Waals surface area contributed by atoms with Crippen molar-refractivity contribution in [3.8, 4) is 0 Å². The third kappa shape index (κ3) is 2.72. The van der Waals surface area contributed by atoms with Gasteiger partial charge >= 0.3 is 0 Å². The van der Waals surface area contributed by atoms with Crippen LogP contribution in [0.25, 0.3) is 0 Å². The molecule has 0 bridgehead atoms. The van der Waals surface area contributed by atoms with Gasteiger partial charge in [0.05, 0.1) is 5.54 Å². The van der Waals surface area contributed by atoms with E-state index in [0.717, 1.165) is 24.9 Å². The molecule has 0 spiro atoms. The van der Waals surface area contributed by atoms with Gasteiger partial charge in [-0.05, 0) is 50.4 Å². The number of rotatable bonds is 3. The molecule has 106 valence electrons. The summed E-state index contributed by atoms with van der Waals surface area (Å²) < 4.78 is 18.5. The third-order valence-corrected chi connectivity index (χ3v) is 3.81. The van der Waals surface area contributed by atoms with E-state index in [1.165, 1.54) is 18.6 Å². The van der Waals surface area contributed by atoms with Crippen LogP contribution in [-0.4, -0.2) is 16.7 Å². The van der Waals surface area contributed by atoms with Gasteiger partial charge in [-0.25, -0.2) is 4.39 Å². The Morgan fingerprint density at radius 2 is 2.30 bits per heavy atom. The lowest BCUT2D eigenvalue weighted by molar-refractivity contribution is 0.206. The Morgan fingerprint density at radius 3 is 3.05 bits per heavy atom. The molecule has 1 unspecified atom stereocenters. The molecular formula is C15H18FN3O. The van der Waals surface area contributed by atoms with Crippen molar-refractivity contribution in [3.05, 3.63) is 47.4 Å². The maximum atomic E-state index is 13.2. The number of benzene rings is 1. The maximum absolute atomic E-state index is 13.2. The van der Waals surface area contributed by atoms with E-state index in [2.05, 4.69) is 22.4 Å². The number of hydrogen-bond donors (Lipinski definition) is 1. The number of piperidine rings is 1. The molecular weight excluding hydrogens is 257 g/mol. The molecule has 1 aliphatic rings. The van der Waals surface area contributed by atoms with E-state index < -0.39 is 0 Å². The Morgan fingerprint density at radius 1 is 1.40 bits per heavy atom. The molecule has 20 heavy (non-hydrogen) atoms. The highest BCUT2D eigenvalue weighted by atomic mass is 19.1. The lowest BCUT2D eigenvalue weighted by Gasteiger charge is -2.31. The highest BCUT2D eigenvalue weighted by Crippen LogP contribution is 2.28. The Labute approximate surface area is 117 Å². The molecule has 0 saturated carbocycles. The summed E-state index contributed by atoms with van der Waals surface area (Å²) in [6.07, 6.45) is 3.82. The van der Waals surface area contributed by atoms with Gasteiger partial charge < -0.3 is 9.84 Å². The van der Waals surface area contributed by atoms with Crippen molar-refractivity contribution in [2.45, 2.75) is 38.1 Å². The predicted molar refractivity (Wildman–Crippen MR) is 72.7 cm³/mol. The van der Waals surface area contributed by atoms with Gasteiger partial charge in [0.2, 0.25) is 5.89 Å². The first-order valence-electron chi connectivity index (χ1n) is 6.98. The second-order valence-electron chi connectivity index (χ2n) is 5.54. The Balaban J connectivity index is 1.76. The molecule has 2 aromatic rings. The average Bonchev–Trinajstić information content (AvgIpc) is 2.89. The Bertz CT molecular complexity index is 590. The minimum Gasteiger partial charge on any atom is -0.337 e. The van der Waals surface area contributed by atoms with E-state index in [1.807, 2.05) is 6.07 Å². The van der Waals surface area contributed by atoms with Crippen LogP contribution in [0.2, 0.25) is 0 Å². The lowest BCUT2D eigenvalue weighted by Crippen LogP contribution is -2.43. The van der Waals surface area contributed by atoms with Gasteiger partial charge in [-0.15, -0.1) is 0 Å². The summed E-state index contributed by atoms with van der Waals surface area (Å²) in [5, 5.41) is 7.45. The molecule has 1 N–H and O–H groups in total. The van der Waals surface area contributed by atoms with Crippen molar-refractivity contribution in [2.75, 3.05) is 6.54 Å². The maximum Gasteiger partial charge on any atom is 0.246 e. The van der Waals surface area contributed by atoms with Crippen LogP contribution >= 0.6 is 0 Å². The van der Waals surface area contributed by atoms with Crippen LogP contribution in [-0.2, 0) is 12.0 Å². The number of nitrogens with zero attached hydrogens (tertiary/aromatic N) is 2. The molecule has 1 atom stereocenters. The van der Waals surface area contributed by atoms with Crippen LogP contribution in [0.15, 0.2) is 28.8 Å². The molecule has 4 nitrogen and oxygen atoms in total. The fraction of sp³-hybridized carbons (Fsp3) is 0.467. The van der Waals surface area contributed by atoms with Crippen LogP contribution in [0.3, 0.4) is 0 Å². The van der Waals surface area contributed by atoms with Crippen molar-refractivity contribution in [2.24, 2.45) is 0 Å². The molecule has 0 radical (unpaired) electrons. The molecule has 0 amide bonds. The molecule has 3 rings (SSSR count). The third-order valence-electron chi connectivity index (χ3n) is 3.81. The van der Waals surface area contributed by atoms with Crippen LogP contribution in [0.5, 0.6) is 0 Å². The molecule has 1 aromatic carbocycles. The Kier molecular flexibility index (Phi) is 3.53. The fourth-order valence-electron chi connectivity index (χ4n) is 2.62. The number of nitrogens with one attached hydrogen (secondary N) is 1. The van der Waals surface area contributed by atoms with E-state index >= 15 is 0 Å². The molecule has 1 aliphatic heterocycles. The summed E-state index contributed by atoms with van der Waals surface area (Å²) in [6.45, 7) is 3.06.